The molecule has 0 aliphatic rings. The summed E-state index contributed by atoms with van der Waals surface area (Å²) in [4.78, 5) is 20.2. The molecule has 0 radical (unpaired) electrons. The number of nitrogens with zero attached hydrogens (tertiary/aromatic N) is 2. The summed E-state index contributed by atoms with van der Waals surface area (Å²) >= 11 is 0. The van der Waals surface area contributed by atoms with Crippen molar-refractivity contribution in [3.05, 3.63) is 47.3 Å². The maximum absolute atomic E-state index is 12.3. The molecule has 0 aromatic carbocycles. The minimum absolute atomic E-state index is 0.148. The number of ether oxygens (including phenoxy) is 1. The first-order valence-electron chi connectivity index (χ1n) is 8.41. The Morgan fingerprint density at radius 1 is 1.26 bits per heavy atom. The number of aromatic nitrogens is 2. The fourth-order valence-electron chi connectivity index (χ4n) is 2.21. The van der Waals surface area contributed by atoms with Crippen molar-refractivity contribution in [3.8, 4) is 5.88 Å². The predicted molar refractivity (Wildman–Crippen MR) is 94.7 cm³/mol. The van der Waals surface area contributed by atoms with E-state index in [0.717, 1.165) is 24.3 Å². The van der Waals surface area contributed by atoms with Gasteiger partial charge in [-0.25, -0.2) is 9.97 Å². The van der Waals surface area contributed by atoms with Crippen LogP contribution in [0.15, 0.2) is 30.6 Å². The van der Waals surface area contributed by atoms with Gasteiger partial charge in [-0.2, -0.15) is 13.2 Å². The molecule has 27 heavy (non-hydrogen) atoms. The Bertz CT molecular complexity index is 781. The average Bonchev–Trinajstić information content (AvgIpc) is 2.63. The maximum atomic E-state index is 12.3. The van der Waals surface area contributed by atoms with E-state index < -0.39 is 12.8 Å². The molecule has 6 nitrogen and oxygen atoms in total. The number of pyridine rings is 2. The van der Waals surface area contributed by atoms with Gasteiger partial charge in [0.2, 0.25) is 5.88 Å². The molecule has 1 amide bonds. The van der Waals surface area contributed by atoms with Gasteiger partial charge >= 0.3 is 6.18 Å². The number of hydrogen-bond donors (Lipinski definition) is 2. The van der Waals surface area contributed by atoms with Crippen molar-refractivity contribution in [1.29, 1.82) is 0 Å². The van der Waals surface area contributed by atoms with E-state index in [1.165, 1.54) is 19.2 Å². The third kappa shape index (κ3) is 6.76. The van der Waals surface area contributed by atoms with Gasteiger partial charge in [-0.1, -0.05) is 6.92 Å². The van der Waals surface area contributed by atoms with Gasteiger partial charge in [-0.05, 0) is 37.1 Å². The van der Waals surface area contributed by atoms with Crippen molar-refractivity contribution in [2.75, 3.05) is 18.5 Å². The van der Waals surface area contributed by atoms with Crippen LogP contribution in [-0.4, -0.2) is 35.2 Å². The minimum atomic E-state index is -4.44. The van der Waals surface area contributed by atoms with Crippen LogP contribution in [0, 0.1) is 6.92 Å². The number of alkyl halides is 3. The summed E-state index contributed by atoms with van der Waals surface area (Å²) < 4.78 is 41.3. The monoisotopic (exact) mass is 382 g/mol. The molecule has 9 heteroatoms. The second-order valence-corrected chi connectivity index (χ2v) is 5.91. The molecular weight excluding hydrogens is 361 g/mol. The van der Waals surface area contributed by atoms with Gasteiger partial charge in [0.15, 0.2) is 6.61 Å². The normalized spacial score (nSPS) is 11.1. The van der Waals surface area contributed by atoms with Crippen LogP contribution in [0.4, 0.5) is 19.0 Å². The topological polar surface area (TPSA) is 76.1 Å². The molecule has 0 unspecified atom stereocenters. The Morgan fingerprint density at radius 2 is 2.04 bits per heavy atom. The van der Waals surface area contributed by atoms with Crippen molar-refractivity contribution in [3.63, 3.8) is 0 Å². The fourth-order valence-corrected chi connectivity index (χ4v) is 2.21. The summed E-state index contributed by atoms with van der Waals surface area (Å²) in [5.74, 6) is 0.199. The van der Waals surface area contributed by atoms with E-state index in [0.29, 0.717) is 5.56 Å². The van der Waals surface area contributed by atoms with Gasteiger partial charge < -0.3 is 15.4 Å². The second kappa shape index (κ2) is 9.20. The summed E-state index contributed by atoms with van der Waals surface area (Å²) in [7, 11) is 0. The summed E-state index contributed by atoms with van der Waals surface area (Å²) in [5, 5.41) is 5.91. The lowest BCUT2D eigenvalue weighted by molar-refractivity contribution is -0.154. The highest BCUT2D eigenvalue weighted by Gasteiger charge is 2.29. The Balaban J connectivity index is 1.95. The van der Waals surface area contributed by atoms with Gasteiger partial charge in [0.1, 0.15) is 5.82 Å². The number of anilines is 1. The molecule has 0 fully saturated rings. The fraction of sp³-hybridized carbons (Fsp3) is 0.389. The molecule has 0 aliphatic carbocycles. The van der Waals surface area contributed by atoms with Crippen LogP contribution in [0.25, 0.3) is 0 Å². The van der Waals surface area contributed by atoms with E-state index in [4.69, 9.17) is 0 Å². The highest BCUT2D eigenvalue weighted by molar-refractivity contribution is 5.94. The van der Waals surface area contributed by atoms with Crippen LogP contribution in [0.3, 0.4) is 0 Å². The molecule has 0 saturated carbocycles. The Morgan fingerprint density at radius 3 is 2.70 bits per heavy atom. The largest absolute Gasteiger partial charge is 0.468 e. The van der Waals surface area contributed by atoms with Crippen LogP contribution in [0.1, 0.15) is 34.8 Å². The van der Waals surface area contributed by atoms with Crippen LogP contribution in [-0.2, 0) is 6.54 Å². The van der Waals surface area contributed by atoms with E-state index in [1.54, 1.807) is 12.3 Å². The number of rotatable bonds is 8. The van der Waals surface area contributed by atoms with Gasteiger partial charge in [0.25, 0.3) is 5.91 Å². The third-order valence-electron chi connectivity index (χ3n) is 3.50. The van der Waals surface area contributed by atoms with Crippen molar-refractivity contribution in [1.82, 2.24) is 15.3 Å². The molecule has 2 N–H and O–H groups in total. The van der Waals surface area contributed by atoms with E-state index in [2.05, 4.69) is 25.3 Å². The number of amides is 1. The average molecular weight is 382 g/mol. The van der Waals surface area contributed by atoms with Gasteiger partial charge in [0.05, 0.1) is 5.56 Å². The minimum Gasteiger partial charge on any atom is -0.468 e. The smallest absolute Gasteiger partial charge is 0.422 e. The Labute approximate surface area is 155 Å². The number of halogens is 3. The first-order valence-corrected chi connectivity index (χ1v) is 8.41. The molecule has 2 aromatic rings. The second-order valence-electron chi connectivity index (χ2n) is 5.91. The van der Waals surface area contributed by atoms with E-state index in [9.17, 15) is 18.0 Å². The number of carbonyl (C=O) groups is 1. The zero-order chi connectivity index (χ0) is 19.9. The zero-order valence-electron chi connectivity index (χ0n) is 15.1. The molecule has 0 spiro atoms. The van der Waals surface area contributed by atoms with Gasteiger partial charge in [0, 0.05) is 31.0 Å². The van der Waals surface area contributed by atoms with Crippen LogP contribution < -0.4 is 15.4 Å². The highest BCUT2D eigenvalue weighted by Crippen LogP contribution is 2.20. The molecule has 2 aromatic heterocycles. The van der Waals surface area contributed by atoms with Gasteiger partial charge in [-0.3, -0.25) is 4.79 Å². The van der Waals surface area contributed by atoms with Crippen molar-refractivity contribution in [2.24, 2.45) is 0 Å². The quantitative estimate of drug-likeness (QED) is 0.731. The summed E-state index contributed by atoms with van der Waals surface area (Å²) in [6.45, 7) is 3.24. The van der Waals surface area contributed by atoms with Crippen LogP contribution >= 0.6 is 0 Å². The number of nitrogens with one attached hydrogen (secondary N) is 2. The summed E-state index contributed by atoms with van der Waals surface area (Å²) in [6.07, 6.45) is -0.635. The lowest BCUT2D eigenvalue weighted by atomic mass is 10.2. The number of hydrogen-bond acceptors (Lipinski definition) is 5. The lowest BCUT2D eigenvalue weighted by Crippen LogP contribution is -2.23. The third-order valence-corrected chi connectivity index (χ3v) is 3.50. The molecule has 0 bridgehead atoms. The van der Waals surface area contributed by atoms with E-state index in [-0.39, 0.29) is 23.9 Å². The molecule has 0 saturated heterocycles. The highest BCUT2D eigenvalue weighted by atomic mass is 19.4. The molecule has 2 rings (SSSR count). The van der Waals surface area contributed by atoms with Crippen molar-refractivity contribution < 1.29 is 22.7 Å². The Hall–Kier alpha value is -2.84. The molecule has 0 atom stereocenters. The first kappa shape index (κ1) is 20.5. The first-order chi connectivity index (χ1) is 12.8. The molecule has 2 heterocycles. The number of aryl methyl sites for hydroxylation is 1. The van der Waals surface area contributed by atoms with Crippen molar-refractivity contribution in [2.45, 2.75) is 33.0 Å². The maximum Gasteiger partial charge on any atom is 0.422 e. The standard InChI is InChI=1S/C18H21F3N4O2/c1-3-5-22-15-8-13(4-6-23-15)9-24-16(26)14-7-12(2)17(25-10-14)27-11-18(19,20)21/h4,6-8,10H,3,5,9,11H2,1-2H3,(H,22,23)(H,24,26). The van der Waals surface area contributed by atoms with Gasteiger partial charge in [-0.15, -0.1) is 0 Å². The lowest BCUT2D eigenvalue weighted by Gasteiger charge is -2.11. The zero-order valence-corrected chi connectivity index (χ0v) is 15.1. The van der Waals surface area contributed by atoms with E-state index in [1.807, 2.05) is 13.0 Å². The molecule has 0 aliphatic heterocycles. The van der Waals surface area contributed by atoms with Crippen LogP contribution in [0.2, 0.25) is 0 Å². The summed E-state index contributed by atoms with van der Waals surface area (Å²) in [6, 6.07) is 5.07. The molecule has 146 valence electrons. The Kier molecular flexibility index (Phi) is 6.98. The van der Waals surface area contributed by atoms with E-state index >= 15 is 0 Å². The summed E-state index contributed by atoms with van der Waals surface area (Å²) in [5.41, 5.74) is 1.46. The SMILES string of the molecule is CCCNc1cc(CNC(=O)c2cnc(OCC(F)(F)F)c(C)c2)ccn1. The number of carbonyl (C=O) groups excluding carboxylic acids is 1. The molecular formula is C18H21F3N4O2. The van der Waals surface area contributed by atoms with Crippen molar-refractivity contribution >= 4 is 11.7 Å². The van der Waals surface area contributed by atoms with Crippen LogP contribution in [0.5, 0.6) is 5.88 Å². The predicted octanol–water partition coefficient (Wildman–Crippen LogP) is 3.48.